The molecule has 0 radical (unpaired) electrons. The van der Waals surface area contributed by atoms with E-state index in [-0.39, 0.29) is 5.91 Å². The number of rotatable bonds is 8. The minimum atomic E-state index is -0.00124. The average Bonchev–Trinajstić information content (AvgIpc) is 3.08. The molecule has 3 rings (SSSR count). The fourth-order valence-corrected chi connectivity index (χ4v) is 3.38. The summed E-state index contributed by atoms with van der Waals surface area (Å²) in [5, 5.41) is 14.1. The Bertz CT molecular complexity index is 940. The van der Waals surface area contributed by atoms with Crippen LogP contribution in [0.15, 0.2) is 52.4 Å². The number of carbonyl (C=O) groups is 1. The Labute approximate surface area is 168 Å². The van der Waals surface area contributed by atoms with Crippen LogP contribution in [-0.4, -0.2) is 28.2 Å². The van der Waals surface area contributed by atoms with Gasteiger partial charge in [-0.15, -0.1) is 0 Å². The van der Waals surface area contributed by atoms with Gasteiger partial charge in [-0.1, -0.05) is 18.7 Å². The van der Waals surface area contributed by atoms with Gasteiger partial charge in [-0.25, -0.2) is 4.98 Å². The van der Waals surface area contributed by atoms with Crippen LogP contribution in [0.1, 0.15) is 24.7 Å². The van der Waals surface area contributed by atoms with Gasteiger partial charge in [-0.3, -0.25) is 9.89 Å². The number of methoxy groups -OCH3 is 1. The lowest BCUT2D eigenvalue weighted by atomic mass is 10.3. The van der Waals surface area contributed by atoms with Crippen molar-refractivity contribution in [1.29, 1.82) is 0 Å². The van der Waals surface area contributed by atoms with Crippen LogP contribution >= 0.6 is 11.8 Å². The molecule has 3 aromatic rings. The van der Waals surface area contributed by atoms with Crippen molar-refractivity contribution in [2.75, 3.05) is 17.7 Å². The molecular weight excluding hydrogens is 374 g/mol. The number of nitrogens with zero attached hydrogens (tertiary/aromatic N) is 2. The molecule has 28 heavy (non-hydrogen) atoms. The van der Waals surface area contributed by atoms with Crippen LogP contribution in [0.25, 0.3) is 0 Å². The summed E-state index contributed by atoms with van der Waals surface area (Å²) in [6, 6.07) is 13.6. The molecule has 0 atom stereocenters. The van der Waals surface area contributed by atoms with Gasteiger partial charge in [0.05, 0.1) is 12.3 Å². The SMILES string of the molecule is CCC(=O)Nc1ccc(Sc2cc(Nc3cc(C)[nH]n3)cc(COC)n2)cc1. The number of H-pyrrole nitrogens is 1. The summed E-state index contributed by atoms with van der Waals surface area (Å²) in [5.74, 6) is 0.748. The van der Waals surface area contributed by atoms with Gasteiger partial charge >= 0.3 is 0 Å². The van der Waals surface area contributed by atoms with Crippen LogP contribution in [0.4, 0.5) is 17.2 Å². The number of pyridine rings is 1. The largest absolute Gasteiger partial charge is 0.378 e. The summed E-state index contributed by atoms with van der Waals surface area (Å²) >= 11 is 1.54. The third-order valence-corrected chi connectivity index (χ3v) is 4.73. The van der Waals surface area contributed by atoms with E-state index in [0.29, 0.717) is 13.0 Å². The number of benzene rings is 1. The first-order valence-corrected chi connectivity index (χ1v) is 9.74. The number of aryl methyl sites for hydroxylation is 1. The Hall–Kier alpha value is -2.84. The molecule has 0 bridgehead atoms. The lowest BCUT2D eigenvalue weighted by Gasteiger charge is -2.10. The fourth-order valence-electron chi connectivity index (χ4n) is 2.51. The van der Waals surface area contributed by atoms with E-state index in [2.05, 4.69) is 25.8 Å². The zero-order valence-corrected chi connectivity index (χ0v) is 16.9. The molecule has 0 aliphatic rings. The second-order valence-corrected chi connectivity index (χ2v) is 7.30. The first-order valence-electron chi connectivity index (χ1n) is 8.92. The second kappa shape index (κ2) is 9.38. The van der Waals surface area contributed by atoms with Crippen LogP contribution in [0, 0.1) is 6.92 Å². The predicted octanol–water partition coefficient (Wildman–Crippen LogP) is 4.50. The van der Waals surface area contributed by atoms with Crippen LogP contribution in [0.2, 0.25) is 0 Å². The van der Waals surface area contributed by atoms with Crippen LogP contribution < -0.4 is 10.6 Å². The molecule has 2 aromatic heterocycles. The molecule has 1 amide bonds. The molecular formula is C20H23N5O2S. The number of hydrogen-bond acceptors (Lipinski definition) is 6. The van der Waals surface area contributed by atoms with Gasteiger partial charge in [0, 0.05) is 41.6 Å². The third kappa shape index (κ3) is 5.58. The summed E-state index contributed by atoms with van der Waals surface area (Å²) in [7, 11) is 1.65. The Balaban J connectivity index is 1.77. The van der Waals surface area contributed by atoms with E-state index in [4.69, 9.17) is 4.74 Å². The number of aromatic nitrogens is 3. The fraction of sp³-hybridized carbons (Fsp3) is 0.250. The van der Waals surface area contributed by atoms with E-state index in [0.717, 1.165) is 38.5 Å². The number of nitrogens with one attached hydrogen (secondary N) is 3. The molecule has 3 N–H and O–H groups in total. The first kappa shape index (κ1) is 19.9. The summed E-state index contributed by atoms with van der Waals surface area (Å²) in [5.41, 5.74) is 3.49. The highest BCUT2D eigenvalue weighted by atomic mass is 32.2. The molecule has 146 valence electrons. The number of carbonyl (C=O) groups excluding carboxylic acids is 1. The van der Waals surface area contributed by atoms with Crippen molar-refractivity contribution in [3.8, 4) is 0 Å². The van der Waals surface area contributed by atoms with Gasteiger partial charge < -0.3 is 15.4 Å². The van der Waals surface area contributed by atoms with Crippen molar-refractivity contribution in [1.82, 2.24) is 15.2 Å². The standard InChI is InChI=1S/C20H23N5O2S/c1-4-19(26)22-14-5-7-17(8-6-14)28-20-11-15(10-16(23-20)12-27-3)21-18-9-13(2)24-25-18/h5-11H,4,12H2,1-3H3,(H,22,26)(H2,21,23,24,25). The normalized spacial score (nSPS) is 10.7. The summed E-state index contributed by atoms with van der Waals surface area (Å²) in [4.78, 5) is 17.2. The molecule has 8 heteroatoms. The molecule has 0 aliphatic heterocycles. The van der Waals surface area contributed by atoms with Gasteiger partial charge in [-0.05, 0) is 43.3 Å². The maximum Gasteiger partial charge on any atom is 0.224 e. The third-order valence-electron chi connectivity index (χ3n) is 3.81. The van der Waals surface area contributed by atoms with Crippen LogP contribution in [0.5, 0.6) is 0 Å². The summed E-state index contributed by atoms with van der Waals surface area (Å²) < 4.78 is 5.24. The Morgan fingerprint density at radius 3 is 2.61 bits per heavy atom. The number of ether oxygens (including phenoxy) is 1. The van der Waals surface area contributed by atoms with Crippen molar-refractivity contribution >= 4 is 34.9 Å². The van der Waals surface area contributed by atoms with Gasteiger partial charge in [-0.2, -0.15) is 5.10 Å². The highest BCUT2D eigenvalue weighted by Crippen LogP contribution is 2.30. The smallest absolute Gasteiger partial charge is 0.224 e. The highest BCUT2D eigenvalue weighted by Gasteiger charge is 2.08. The van der Waals surface area contributed by atoms with Crippen molar-refractivity contribution in [3.05, 3.63) is 53.9 Å². The quantitative estimate of drug-likeness (QED) is 0.518. The number of hydrogen-bond donors (Lipinski definition) is 3. The van der Waals surface area contributed by atoms with Crippen LogP contribution in [0.3, 0.4) is 0 Å². The molecule has 0 unspecified atom stereocenters. The first-order chi connectivity index (χ1) is 13.6. The maximum atomic E-state index is 11.5. The second-order valence-electron chi connectivity index (χ2n) is 6.21. The molecule has 0 saturated heterocycles. The molecule has 0 fully saturated rings. The van der Waals surface area contributed by atoms with E-state index < -0.39 is 0 Å². The minimum absolute atomic E-state index is 0.00124. The molecule has 0 spiro atoms. The number of amides is 1. The lowest BCUT2D eigenvalue weighted by molar-refractivity contribution is -0.115. The van der Waals surface area contributed by atoms with Gasteiger partial charge in [0.2, 0.25) is 5.91 Å². The Morgan fingerprint density at radius 2 is 1.96 bits per heavy atom. The van der Waals surface area contributed by atoms with E-state index in [1.54, 1.807) is 18.9 Å². The van der Waals surface area contributed by atoms with Gasteiger partial charge in [0.15, 0.2) is 5.82 Å². The Kier molecular flexibility index (Phi) is 6.67. The summed E-state index contributed by atoms with van der Waals surface area (Å²) in [6.07, 6.45) is 0.456. The molecule has 0 aliphatic carbocycles. The topological polar surface area (TPSA) is 91.9 Å². The van der Waals surface area contributed by atoms with Crippen molar-refractivity contribution in [2.24, 2.45) is 0 Å². The van der Waals surface area contributed by atoms with E-state index >= 15 is 0 Å². The average molecular weight is 398 g/mol. The van der Waals surface area contributed by atoms with Crippen LogP contribution in [-0.2, 0) is 16.1 Å². The maximum absolute atomic E-state index is 11.5. The zero-order valence-electron chi connectivity index (χ0n) is 16.1. The number of anilines is 3. The Morgan fingerprint density at radius 1 is 1.18 bits per heavy atom. The number of aromatic amines is 1. The molecule has 1 aromatic carbocycles. The lowest BCUT2D eigenvalue weighted by Crippen LogP contribution is -2.08. The van der Waals surface area contributed by atoms with Crippen molar-refractivity contribution < 1.29 is 9.53 Å². The molecule has 7 nitrogen and oxygen atoms in total. The minimum Gasteiger partial charge on any atom is -0.378 e. The molecule has 0 saturated carbocycles. The zero-order chi connectivity index (χ0) is 19.9. The van der Waals surface area contributed by atoms with Crippen molar-refractivity contribution in [3.63, 3.8) is 0 Å². The monoisotopic (exact) mass is 397 g/mol. The predicted molar refractivity (Wildman–Crippen MR) is 111 cm³/mol. The van der Waals surface area contributed by atoms with E-state index in [1.165, 1.54) is 0 Å². The van der Waals surface area contributed by atoms with Gasteiger partial charge in [0.25, 0.3) is 0 Å². The van der Waals surface area contributed by atoms with Crippen molar-refractivity contribution in [2.45, 2.75) is 36.8 Å². The summed E-state index contributed by atoms with van der Waals surface area (Å²) in [6.45, 7) is 4.20. The van der Waals surface area contributed by atoms with Gasteiger partial charge in [0.1, 0.15) is 5.03 Å². The van der Waals surface area contributed by atoms with E-state index in [9.17, 15) is 4.79 Å². The van der Waals surface area contributed by atoms with E-state index in [1.807, 2.05) is 56.3 Å². The molecule has 2 heterocycles. The highest BCUT2D eigenvalue weighted by molar-refractivity contribution is 7.99.